The van der Waals surface area contributed by atoms with E-state index in [0.29, 0.717) is 0 Å². The summed E-state index contributed by atoms with van der Waals surface area (Å²) in [4.78, 5) is 13.4. The molecule has 0 heterocycles. The van der Waals surface area contributed by atoms with Gasteiger partial charge in [0, 0.05) is 5.69 Å². The molecule has 0 aromatic heterocycles. The van der Waals surface area contributed by atoms with Gasteiger partial charge in [0.15, 0.2) is 0 Å². The summed E-state index contributed by atoms with van der Waals surface area (Å²) >= 11 is 0. The number of hydrogen-bond acceptors (Lipinski definition) is 4. The van der Waals surface area contributed by atoms with Gasteiger partial charge in [0.2, 0.25) is 0 Å². The van der Waals surface area contributed by atoms with Gasteiger partial charge in [-0.25, -0.2) is 4.39 Å². The zero-order chi connectivity index (χ0) is 23.2. The zero-order valence-electron chi connectivity index (χ0n) is 18.6. The lowest BCUT2D eigenvalue weighted by Gasteiger charge is -2.29. The molecule has 0 aliphatic heterocycles. The number of fused-ring (bicyclic) bond motifs is 1. The molecule has 0 bridgehead atoms. The van der Waals surface area contributed by atoms with Crippen LogP contribution in [0, 0.1) is 5.82 Å². The fraction of sp³-hybridized carbons (Fsp3) is 0.179. The minimum Gasteiger partial charge on any atom is -0.497 e. The number of benzene rings is 4. The molecule has 0 spiro atoms. The van der Waals surface area contributed by atoms with Gasteiger partial charge in [-0.2, -0.15) is 0 Å². The predicted molar refractivity (Wildman–Crippen MR) is 129 cm³/mol. The zero-order valence-corrected chi connectivity index (χ0v) is 18.6. The second kappa shape index (κ2) is 10.2. The number of ether oxygens (including phenoxy) is 2. The number of rotatable bonds is 8. The van der Waals surface area contributed by atoms with E-state index in [9.17, 15) is 9.18 Å². The van der Waals surface area contributed by atoms with Gasteiger partial charge in [-0.15, -0.1) is 0 Å². The van der Waals surface area contributed by atoms with E-state index >= 15 is 0 Å². The Morgan fingerprint density at radius 3 is 2.30 bits per heavy atom. The summed E-state index contributed by atoms with van der Waals surface area (Å²) in [5.41, 5.74) is 2.43. The van der Waals surface area contributed by atoms with E-state index in [-0.39, 0.29) is 18.4 Å². The highest BCUT2D eigenvalue weighted by Crippen LogP contribution is 2.38. The summed E-state index contributed by atoms with van der Waals surface area (Å²) < 4.78 is 24.5. The minimum atomic E-state index is -0.663. The van der Waals surface area contributed by atoms with Crippen LogP contribution in [0.1, 0.15) is 30.0 Å². The van der Waals surface area contributed by atoms with Gasteiger partial charge in [-0.05, 0) is 65.2 Å². The van der Waals surface area contributed by atoms with Crippen LogP contribution in [0.4, 0.5) is 10.1 Å². The first-order chi connectivity index (χ1) is 16.1. The molecule has 0 saturated carbocycles. The van der Waals surface area contributed by atoms with E-state index in [1.54, 1.807) is 26.2 Å². The van der Waals surface area contributed by atoms with Crippen molar-refractivity contribution in [3.63, 3.8) is 0 Å². The summed E-state index contributed by atoms with van der Waals surface area (Å²) in [6.07, 6.45) is 0. The van der Waals surface area contributed by atoms with Gasteiger partial charge in [0.25, 0.3) is 0 Å². The van der Waals surface area contributed by atoms with Gasteiger partial charge in [-0.3, -0.25) is 4.79 Å². The van der Waals surface area contributed by atoms with E-state index in [0.717, 1.165) is 33.3 Å². The molecule has 0 unspecified atom stereocenters. The molecular formula is C28H26FNO3. The summed E-state index contributed by atoms with van der Waals surface area (Å²) in [5, 5.41) is 5.50. The van der Waals surface area contributed by atoms with Crippen molar-refractivity contribution in [2.45, 2.75) is 18.9 Å². The van der Waals surface area contributed by atoms with Crippen molar-refractivity contribution in [2.24, 2.45) is 0 Å². The Hall–Kier alpha value is -3.86. The number of nitrogens with one attached hydrogen (secondary N) is 1. The Morgan fingerprint density at radius 1 is 0.909 bits per heavy atom. The maximum Gasteiger partial charge on any atom is 0.315 e. The summed E-state index contributed by atoms with van der Waals surface area (Å²) in [5.74, 6) is -0.609. The molecule has 0 fully saturated rings. The number of methoxy groups -OCH3 is 1. The molecule has 1 N–H and O–H groups in total. The van der Waals surface area contributed by atoms with Crippen LogP contribution in [0.25, 0.3) is 10.8 Å². The Labute approximate surface area is 193 Å². The van der Waals surface area contributed by atoms with Crippen molar-refractivity contribution in [3.05, 3.63) is 108 Å². The first-order valence-electron chi connectivity index (χ1n) is 10.9. The highest BCUT2D eigenvalue weighted by molar-refractivity contribution is 5.92. The van der Waals surface area contributed by atoms with Crippen molar-refractivity contribution < 1.29 is 18.7 Å². The van der Waals surface area contributed by atoms with E-state index in [4.69, 9.17) is 9.47 Å². The smallest absolute Gasteiger partial charge is 0.315 e. The summed E-state index contributed by atoms with van der Waals surface area (Å²) in [6.45, 7) is 2.06. The molecule has 2 atom stereocenters. The topological polar surface area (TPSA) is 47.6 Å². The number of carbonyl (C=O) groups excluding carboxylic acids is 1. The molecule has 0 amide bonds. The SMILES string of the molecule is CCOC(=O)[C@H](c1cccc2ccccc12)[C@@H](Nc1ccc(OC)cc1)c1ccc(F)cc1. The Bertz CT molecular complexity index is 1220. The van der Waals surface area contributed by atoms with Crippen LogP contribution in [0.3, 0.4) is 0 Å². The van der Waals surface area contributed by atoms with Gasteiger partial charge in [0.05, 0.1) is 19.8 Å². The lowest BCUT2D eigenvalue weighted by atomic mass is 9.84. The maximum atomic E-state index is 13.7. The van der Waals surface area contributed by atoms with Gasteiger partial charge in [0.1, 0.15) is 17.5 Å². The number of anilines is 1. The molecule has 168 valence electrons. The predicted octanol–water partition coefficient (Wildman–Crippen LogP) is 6.49. The first kappa shape index (κ1) is 22.3. The van der Waals surface area contributed by atoms with Crippen LogP contribution >= 0.6 is 0 Å². The van der Waals surface area contributed by atoms with Gasteiger partial charge < -0.3 is 14.8 Å². The third-order valence-corrected chi connectivity index (χ3v) is 5.67. The molecular weight excluding hydrogens is 417 g/mol. The molecule has 4 aromatic carbocycles. The van der Waals surface area contributed by atoms with Crippen molar-refractivity contribution >= 4 is 22.4 Å². The molecule has 4 aromatic rings. The number of hydrogen-bond donors (Lipinski definition) is 1. The van der Waals surface area contributed by atoms with Crippen molar-refractivity contribution in [3.8, 4) is 5.75 Å². The fourth-order valence-corrected chi connectivity index (χ4v) is 4.09. The van der Waals surface area contributed by atoms with Crippen molar-refractivity contribution in [1.82, 2.24) is 0 Å². The quantitative estimate of drug-likeness (QED) is 0.316. The second-order valence-corrected chi connectivity index (χ2v) is 7.70. The highest BCUT2D eigenvalue weighted by atomic mass is 19.1. The van der Waals surface area contributed by atoms with E-state index in [2.05, 4.69) is 5.32 Å². The largest absolute Gasteiger partial charge is 0.497 e. The normalized spacial score (nSPS) is 12.7. The molecule has 0 saturated heterocycles. The minimum absolute atomic E-state index is 0.263. The molecule has 0 aliphatic carbocycles. The first-order valence-corrected chi connectivity index (χ1v) is 10.9. The highest BCUT2D eigenvalue weighted by Gasteiger charge is 2.34. The van der Waals surface area contributed by atoms with E-state index < -0.39 is 12.0 Å². The van der Waals surface area contributed by atoms with Crippen molar-refractivity contribution in [1.29, 1.82) is 0 Å². The van der Waals surface area contributed by atoms with Crippen LogP contribution in [0.15, 0.2) is 91.0 Å². The summed E-state index contributed by atoms with van der Waals surface area (Å²) in [7, 11) is 1.61. The second-order valence-electron chi connectivity index (χ2n) is 7.70. The molecule has 0 aliphatic rings. The van der Waals surface area contributed by atoms with Crippen LogP contribution < -0.4 is 10.1 Å². The Kier molecular flexibility index (Phi) is 6.89. The van der Waals surface area contributed by atoms with Crippen LogP contribution in [-0.2, 0) is 9.53 Å². The van der Waals surface area contributed by atoms with Gasteiger partial charge in [-0.1, -0.05) is 54.6 Å². The Morgan fingerprint density at radius 2 is 1.61 bits per heavy atom. The standard InChI is InChI=1S/C28H26FNO3/c1-3-33-28(31)26(25-10-6-8-19-7-4-5-9-24(19)25)27(20-11-13-21(29)14-12-20)30-22-15-17-23(32-2)18-16-22/h4-18,26-27,30H,3H2,1-2H3/t26-,27+/m1/s1. The average molecular weight is 444 g/mol. The lowest BCUT2D eigenvalue weighted by Crippen LogP contribution is -2.28. The molecule has 4 nitrogen and oxygen atoms in total. The third kappa shape index (κ3) is 4.98. The van der Waals surface area contributed by atoms with Gasteiger partial charge >= 0.3 is 5.97 Å². The number of halogens is 1. The van der Waals surface area contributed by atoms with Crippen LogP contribution in [0.5, 0.6) is 5.75 Å². The van der Waals surface area contributed by atoms with E-state index in [1.165, 1.54) is 12.1 Å². The van der Waals surface area contributed by atoms with Crippen LogP contribution in [-0.4, -0.2) is 19.7 Å². The molecule has 5 heteroatoms. The lowest BCUT2D eigenvalue weighted by molar-refractivity contribution is -0.145. The monoisotopic (exact) mass is 443 g/mol. The van der Waals surface area contributed by atoms with E-state index in [1.807, 2.05) is 66.7 Å². The number of esters is 1. The third-order valence-electron chi connectivity index (χ3n) is 5.67. The molecule has 4 rings (SSSR count). The number of carbonyl (C=O) groups is 1. The molecule has 33 heavy (non-hydrogen) atoms. The fourth-order valence-electron chi connectivity index (χ4n) is 4.09. The maximum absolute atomic E-state index is 13.7. The van der Waals surface area contributed by atoms with Crippen molar-refractivity contribution in [2.75, 3.05) is 19.0 Å². The average Bonchev–Trinajstić information content (AvgIpc) is 2.85. The van der Waals surface area contributed by atoms with Crippen LogP contribution in [0.2, 0.25) is 0 Å². The summed E-state index contributed by atoms with van der Waals surface area (Å²) in [6, 6.07) is 27.1. The Balaban J connectivity index is 1.86. The molecule has 0 radical (unpaired) electrons.